The predicted octanol–water partition coefficient (Wildman–Crippen LogP) is 2.09. The SMILES string of the molecule is Cc1nnc2n1CCN(S(=O)(=O)c1ccc(C(C)(C)C)cc1)C2. The van der Waals surface area contributed by atoms with Crippen molar-refractivity contribution in [2.75, 3.05) is 6.54 Å². The lowest BCUT2D eigenvalue weighted by molar-refractivity contribution is 0.333. The standard InChI is InChI=1S/C16H22N4O2S/c1-12-17-18-15-11-19(9-10-20(12)15)23(21,22)14-7-5-13(6-8-14)16(2,3)4/h5-8H,9-11H2,1-4H3. The van der Waals surface area contributed by atoms with Gasteiger partial charge in [-0.05, 0) is 30.0 Å². The molecule has 0 fully saturated rings. The fourth-order valence-electron chi connectivity index (χ4n) is 2.76. The summed E-state index contributed by atoms with van der Waals surface area (Å²) in [6.07, 6.45) is 0. The molecular weight excluding hydrogens is 312 g/mol. The van der Waals surface area contributed by atoms with Gasteiger partial charge in [0.25, 0.3) is 0 Å². The number of rotatable bonds is 2. The van der Waals surface area contributed by atoms with Gasteiger partial charge in [0.2, 0.25) is 10.0 Å². The second kappa shape index (κ2) is 5.42. The van der Waals surface area contributed by atoms with Crippen molar-refractivity contribution in [1.29, 1.82) is 0 Å². The van der Waals surface area contributed by atoms with Crippen LogP contribution in [0.2, 0.25) is 0 Å². The Kier molecular flexibility index (Phi) is 3.80. The van der Waals surface area contributed by atoms with Gasteiger partial charge in [0.15, 0.2) is 0 Å². The van der Waals surface area contributed by atoms with Crippen LogP contribution in [0.5, 0.6) is 0 Å². The molecule has 124 valence electrons. The molecule has 0 N–H and O–H groups in total. The lowest BCUT2D eigenvalue weighted by Crippen LogP contribution is -2.38. The first-order chi connectivity index (χ1) is 10.7. The van der Waals surface area contributed by atoms with E-state index in [4.69, 9.17) is 0 Å². The number of hydrogen-bond donors (Lipinski definition) is 0. The van der Waals surface area contributed by atoms with Gasteiger partial charge in [0.1, 0.15) is 11.6 Å². The number of fused-ring (bicyclic) bond motifs is 1. The van der Waals surface area contributed by atoms with Crippen molar-refractivity contribution in [2.24, 2.45) is 0 Å². The Balaban J connectivity index is 1.88. The minimum absolute atomic E-state index is 0.00135. The third-order valence-electron chi connectivity index (χ3n) is 4.26. The van der Waals surface area contributed by atoms with Crippen LogP contribution in [0.15, 0.2) is 29.2 Å². The molecule has 7 heteroatoms. The molecule has 1 aromatic heterocycles. The average molecular weight is 334 g/mol. The van der Waals surface area contributed by atoms with E-state index in [1.54, 1.807) is 12.1 Å². The monoisotopic (exact) mass is 334 g/mol. The Bertz CT molecular complexity index is 817. The highest BCUT2D eigenvalue weighted by molar-refractivity contribution is 7.89. The van der Waals surface area contributed by atoms with Gasteiger partial charge in [-0.2, -0.15) is 4.31 Å². The van der Waals surface area contributed by atoms with Crippen LogP contribution in [0.25, 0.3) is 0 Å². The number of nitrogens with zero attached hydrogens (tertiary/aromatic N) is 4. The first-order valence-electron chi connectivity index (χ1n) is 7.69. The zero-order chi connectivity index (χ0) is 16.8. The number of hydrogen-bond acceptors (Lipinski definition) is 4. The van der Waals surface area contributed by atoms with Gasteiger partial charge in [0, 0.05) is 13.1 Å². The van der Waals surface area contributed by atoms with Crippen molar-refractivity contribution in [3.8, 4) is 0 Å². The summed E-state index contributed by atoms with van der Waals surface area (Å²) in [5.41, 5.74) is 1.12. The Morgan fingerprint density at radius 3 is 2.30 bits per heavy atom. The first kappa shape index (κ1) is 16.1. The summed E-state index contributed by atoms with van der Waals surface area (Å²) in [6, 6.07) is 7.17. The molecule has 0 unspecified atom stereocenters. The minimum atomic E-state index is -3.51. The van der Waals surface area contributed by atoms with Crippen molar-refractivity contribution < 1.29 is 8.42 Å². The Morgan fingerprint density at radius 2 is 1.70 bits per heavy atom. The fraction of sp³-hybridized carbons (Fsp3) is 0.500. The molecule has 0 bridgehead atoms. The lowest BCUT2D eigenvalue weighted by Gasteiger charge is -2.27. The van der Waals surface area contributed by atoms with Crippen molar-refractivity contribution >= 4 is 10.0 Å². The number of aromatic nitrogens is 3. The smallest absolute Gasteiger partial charge is 0.243 e. The topological polar surface area (TPSA) is 68.1 Å². The number of benzene rings is 1. The van der Waals surface area contributed by atoms with Crippen LogP contribution in [0.1, 0.15) is 38.0 Å². The molecule has 1 aliphatic rings. The van der Waals surface area contributed by atoms with Crippen molar-refractivity contribution in [3.05, 3.63) is 41.5 Å². The molecule has 2 aromatic rings. The summed E-state index contributed by atoms with van der Waals surface area (Å²) >= 11 is 0. The van der Waals surface area contributed by atoms with Gasteiger partial charge >= 0.3 is 0 Å². The Labute approximate surface area is 137 Å². The molecule has 2 heterocycles. The summed E-state index contributed by atoms with van der Waals surface area (Å²) in [5, 5.41) is 8.08. The summed E-state index contributed by atoms with van der Waals surface area (Å²) < 4.78 is 29.1. The molecule has 23 heavy (non-hydrogen) atoms. The van der Waals surface area contributed by atoms with E-state index in [9.17, 15) is 8.42 Å². The molecule has 6 nitrogen and oxygen atoms in total. The van der Waals surface area contributed by atoms with E-state index < -0.39 is 10.0 Å². The molecule has 0 saturated heterocycles. The zero-order valence-corrected chi connectivity index (χ0v) is 14.8. The molecule has 0 saturated carbocycles. The minimum Gasteiger partial charge on any atom is -0.313 e. The molecule has 0 aliphatic carbocycles. The largest absolute Gasteiger partial charge is 0.313 e. The molecule has 0 radical (unpaired) electrons. The van der Waals surface area contributed by atoms with E-state index in [-0.39, 0.29) is 12.0 Å². The average Bonchev–Trinajstić information content (AvgIpc) is 2.87. The second-order valence-electron chi connectivity index (χ2n) is 6.93. The summed E-state index contributed by atoms with van der Waals surface area (Å²) in [5.74, 6) is 1.52. The number of aryl methyl sites for hydroxylation is 1. The van der Waals surface area contributed by atoms with E-state index in [1.165, 1.54) is 4.31 Å². The molecule has 0 spiro atoms. The van der Waals surface area contributed by atoms with Crippen molar-refractivity contribution in [3.63, 3.8) is 0 Å². The summed E-state index contributed by atoms with van der Waals surface area (Å²) in [4.78, 5) is 0.329. The summed E-state index contributed by atoms with van der Waals surface area (Å²) in [6.45, 7) is 9.50. The normalized spacial score (nSPS) is 16.3. The zero-order valence-electron chi connectivity index (χ0n) is 13.9. The van der Waals surface area contributed by atoms with E-state index in [0.29, 0.717) is 23.8 Å². The van der Waals surface area contributed by atoms with E-state index in [2.05, 4.69) is 31.0 Å². The van der Waals surface area contributed by atoms with E-state index in [1.807, 2.05) is 23.6 Å². The fourth-order valence-corrected chi connectivity index (χ4v) is 4.15. The van der Waals surface area contributed by atoms with Gasteiger partial charge in [-0.1, -0.05) is 32.9 Å². The van der Waals surface area contributed by atoms with Crippen LogP contribution >= 0.6 is 0 Å². The third-order valence-corrected chi connectivity index (χ3v) is 6.12. The second-order valence-corrected chi connectivity index (χ2v) is 8.87. The number of sulfonamides is 1. The van der Waals surface area contributed by atoms with E-state index in [0.717, 1.165) is 11.4 Å². The maximum atomic E-state index is 12.8. The van der Waals surface area contributed by atoms with Gasteiger partial charge < -0.3 is 4.57 Å². The van der Waals surface area contributed by atoms with Crippen LogP contribution in [0.4, 0.5) is 0 Å². The molecular formula is C16H22N4O2S. The highest BCUT2D eigenvalue weighted by atomic mass is 32.2. The third kappa shape index (κ3) is 2.90. The lowest BCUT2D eigenvalue weighted by atomic mass is 9.87. The summed E-state index contributed by atoms with van der Waals surface area (Å²) in [7, 11) is -3.51. The molecule has 0 atom stereocenters. The van der Waals surface area contributed by atoms with Crippen LogP contribution in [-0.4, -0.2) is 34.0 Å². The van der Waals surface area contributed by atoms with Gasteiger partial charge in [0.05, 0.1) is 11.4 Å². The van der Waals surface area contributed by atoms with Crippen LogP contribution in [-0.2, 0) is 28.5 Å². The maximum Gasteiger partial charge on any atom is 0.243 e. The molecule has 1 aliphatic heterocycles. The highest BCUT2D eigenvalue weighted by Gasteiger charge is 2.30. The molecule has 0 amide bonds. The van der Waals surface area contributed by atoms with Gasteiger partial charge in [-0.15, -0.1) is 10.2 Å². The molecule has 1 aromatic carbocycles. The van der Waals surface area contributed by atoms with Crippen molar-refractivity contribution in [2.45, 2.75) is 51.1 Å². The predicted molar refractivity (Wildman–Crippen MR) is 87.5 cm³/mol. The maximum absolute atomic E-state index is 12.8. The Hall–Kier alpha value is -1.73. The highest BCUT2D eigenvalue weighted by Crippen LogP contribution is 2.26. The van der Waals surface area contributed by atoms with Gasteiger partial charge in [-0.25, -0.2) is 8.42 Å². The van der Waals surface area contributed by atoms with Crippen molar-refractivity contribution in [1.82, 2.24) is 19.1 Å². The van der Waals surface area contributed by atoms with Crippen LogP contribution in [0, 0.1) is 6.92 Å². The first-order valence-corrected chi connectivity index (χ1v) is 9.13. The van der Waals surface area contributed by atoms with E-state index >= 15 is 0 Å². The van der Waals surface area contributed by atoms with Gasteiger partial charge in [-0.3, -0.25) is 0 Å². The van der Waals surface area contributed by atoms with Crippen LogP contribution in [0.3, 0.4) is 0 Å². The molecule has 3 rings (SSSR count). The quantitative estimate of drug-likeness (QED) is 0.843. The van der Waals surface area contributed by atoms with Crippen LogP contribution < -0.4 is 0 Å². The Morgan fingerprint density at radius 1 is 1.04 bits per heavy atom.